The highest BCUT2D eigenvalue weighted by molar-refractivity contribution is 6.33. The Bertz CT molecular complexity index is 760. The van der Waals surface area contributed by atoms with Crippen molar-refractivity contribution in [3.05, 3.63) is 59.1 Å². The molecule has 1 saturated carbocycles. The SMILES string of the molecule is O=C(Nc1ccccc1Cl)N(Cc1cccc(O)c1)C1CCC(O)CC1. The predicted molar refractivity (Wildman–Crippen MR) is 102 cm³/mol. The van der Waals surface area contributed by atoms with Crippen molar-refractivity contribution >= 4 is 23.3 Å². The smallest absolute Gasteiger partial charge is 0.322 e. The zero-order chi connectivity index (χ0) is 18.5. The maximum Gasteiger partial charge on any atom is 0.322 e. The number of phenols is 1. The molecule has 2 aromatic rings. The van der Waals surface area contributed by atoms with E-state index in [1.54, 1.807) is 35.2 Å². The molecule has 0 radical (unpaired) electrons. The molecule has 0 aliphatic heterocycles. The van der Waals surface area contributed by atoms with E-state index in [2.05, 4.69) is 5.32 Å². The molecule has 3 rings (SSSR count). The van der Waals surface area contributed by atoms with E-state index < -0.39 is 0 Å². The van der Waals surface area contributed by atoms with Crippen molar-refractivity contribution in [2.24, 2.45) is 0 Å². The number of rotatable bonds is 4. The molecular weight excluding hydrogens is 352 g/mol. The molecule has 5 nitrogen and oxygen atoms in total. The van der Waals surface area contributed by atoms with Crippen LogP contribution in [0.2, 0.25) is 5.02 Å². The van der Waals surface area contributed by atoms with Gasteiger partial charge in [-0.05, 0) is 55.5 Å². The lowest BCUT2D eigenvalue weighted by molar-refractivity contribution is 0.0849. The first-order chi connectivity index (χ1) is 12.5. The first kappa shape index (κ1) is 18.5. The minimum absolute atomic E-state index is 0.0308. The number of aliphatic hydroxyl groups is 1. The molecule has 0 bridgehead atoms. The van der Waals surface area contributed by atoms with Crippen molar-refractivity contribution < 1.29 is 15.0 Å². The topological polar surface area (TPSA) is 72.8 Å². The number of urea groups is 1. The van der Waals surface area contributed by atoms with Gasteiger partial charge >= 0.3 is 6.03 Å². The van der Waals surface area contributed by atoms with Gasteiger partial charge in [-0.25, -0.2) is 4.79 Å². The Hall–Kier alpha value is -2.24. The van der Waals surface area contributed by atoms with Crippen LogP contribution in [0.25, 0.3) is 0 Å². The van der Waals surface area contributed by atoms with Crippen LogP contribution in [0.1, 0.15) is 31.2 Å². The van der Waals surface area contributed by atoms with Crippen LogP contribution in [0.3, 0.4) is 0 Å². The van der Waals surface area contributed by atoms with Gasteiger partial charge in [-0.15, -0.1) is 0 Å². The number of nitrogens with one attached hydrogen (secondary N) is 1. The van der Waals surface area contributed by atoms with Crippen LogP contribution >= 0.6 is 11.6 Å². The number of benzene rings is 2. The van der Waals surface area contributed by atoms with Crippen LogP contribution in [-0.2, 0) is 6.54 Å². The van der Waals surface area contributed by atoms with E-state index in [1.807, 2.05) is 18.2 Å². The summed E-state index contributed by atoms with van der Waals surface area (Å²) in [5, 5.41) is 22.9. The highest BCUT2D eigenvalue weighted by Crippen LogP contribution is 2.27. The molecule has 3 N–H and O–H groups in total. The quantitative estimate of drug-likeness (QED) is 0.743. The lowest BCUT2D eigenvalue weighted by atomic mass is 9.92. The van der Waals surface area contributed by atoms with E-state index in [4.69, 9.17) is 11.6 Å². The van der Waals surface area contributed by atoms with Gasteiger partial charge in [0.05, 0.1) is 16.8 Å². The molecule has 0 unspecified atom stereocenters. The zero-order valence-electron chi connectivity index (χ0n) is 14.4. The number of hydrogen-bond acceptors (Lipinski definition) is 3. The fourth-order valence-electron chi connectivity index (χ4n) is 3.34. The number of carbonyl (C=O) groups is 1. The number of carbonyl (C=O) groups excluding carboxylic acids is 1. The number of hydrogen-bond donors (Lipinski definition) is 3. The second kappa shape index (κ2) is 8.43. The lowest BCUT2D eigenvalue weighted by Gasteiger charge is -2.36. The largest absolute Gasteiger partial charge is 0.508 e. The Balaban J connectivity index is 1.79. The molecule has 0 heterocycles. The van der Waals surface area contributed by atoms with Crippen LogP contribution in [0.4, 0.5) is 10.5 Å². The Morgan fingerprint density at radius 1 is 1.12 bits per heavy atom. The predicted octanol–water partition coefficient (Wildman–Crippen LogP) is 4.38. The fourth-order valence-corrected chi connectivity index (χ4v) is 3.52. The van der Waals surface area contributed by atoms with Crippen molar-refractivity contribution in [2.45, 2.75) is 44.4 Å². The van der Waals surface area contributed by atoms with Gasteiger partial charge in [0.25, 0.3) is 0 Å². The van der Waals surface area contributed by atoms with Crippen LogP contribution in [0, 0.1) is 0 Å². The third-order valence-corrected chi connectivity index (χ3v) is 5.08. The Labute approximate surface area is 158 Å². The third-order valence-electron chi connectivity index (χ3n) is 4.75. The van der Waals surface area contributed by atoms with E-state index in [9.17, 15) is 15.0 Å². The summed E-state index contributed by atoms with van der Waals surface area (Å²) >= 11 is 6.16. The first-order valence-electron chi connectivity index (χ1n) is 8.81. The number of amides is 2. The highest BCUT2D eigenvalue weighted by Gasteiger charge is 2.28. The molecule has 0 spiro atoms. The Morgan fingerprint density at radius 2 is 1.85 bits per heavy atom. The molecule has 2 amide bonds. The number of para-hydroxylation sites is 1. The number of halogens is 1. The van der Waals surface area contributed by atoms with Gasteiger partial charge in [0.15, 0.2) is 0 Å². The fraction of sp³-hybridized carbons (Fsp3) is 0.350. The molecule has 0 saturated heterocycles. The van der Waals surface area contributed by atoms with Gasteiger partial charge in [0.2, 0.25) is 0 Å². The maximum absolute atomic E-state index is 13.0. The molecule has 26 heavy (non-hydrogen) atoms. The van der Waals surface area contributed by atoms with Gasteiger partial charge in [-0.3, -0.25) is 0 Å². The molecule has 0 aromatic heterocycles. The minimum atomic E-state index is -0.291. The molecule has 2 aromatic carbocycles. The molecule has 138 valence electrons. The van der Waals surface area contributed by atoms with Gasteiger partial charge in [-0.2, -0.15) is 0 Å². The highest BCUT2D eigenvalue weighted by atomic mass is 35.5. The Morgan fingerprint density at radius 3 is 2.54 bits per heavy atom. The number of nitrogens with zero attached hydrogens (tertiary/aromatic N) is 1. The van der Waals surface area contributed by atoms with Crippen LogP contribution in [0.15, 0.2) is 48.5 Å². The van der Waals surface area contributed by atoms with Crippen molar-refractivity contribution in [3.63, 3.8) is 0 Å². The van der Waals surface area contributed by atoms with Gasteiger partial charge in [0, 0.05) is 12.6 Å². The van der Waals surface area contributed by atoms with Crippen LogP contribution < -0.4 is 5.32 Å². The number of aliphatic hydroxyl groups excluding tert-OH is 1. The molecule has 6 heteroatoms. The normalized spacial score (nSPS) is 19.8. The van der Waals surface area contributed by atoms with E-state index in [1.165, 1.54) is 0 Å². The standard InChI is InChI=1S/C20H23ClN2O3/c21-18-6-1-2-7-19(18)22-20(26)23(15-8-10-16(24)11-9-15)13-14-4-3-5-17(25)12-14/h1-7,12,15-16,24-25H,8-11,13H2,(H,22,26). The van der Waals surface area contributed by atoms with Gasteiger partial charge in [-0.1, -0.05) is 35.9 Å². The summed E-state index contributed by atoms with van der Waals surface area (Å²) in [5.74, 6) is 0.174. The van der Waals surface area contributed by atoms with E-state index in [-0.39, 0.29) is 23.9 Å². The van der Waals surface area contributed by atoms with Crippen LogP contribution in [0.5, 0.6) is 5.75 Å². The van der Waals surface area contributed by atoms with E-state index in [0.717, 1.165) is 18.4 Å². The summed E-state index contributed by atoms with van der Waals surface area (Å²) < 4.78 is 0. The second-order valence-corrected chi connectivity index (χ2v) is 7.08. The molecular formula is C20H23ClN2O3. The van der Waals surface area contributed by atoms with Crippen molar-refractivity contribution in [3.8, 4) is 5.75 Å². The van der Waals surface area contributed by atoms with Crippen molar-refractivity contribution in [1.29, 1.82) is 0 Å². The number of aromatic hydroxyl groups is 1. The maximum atomic E-state index is 13.0. The summed E-state index contributed by atoms with van der Waals surface area (Å²) in [6.45, 7) is 0.380. The summed E-state index contributed by atoms with van der Waals surface area (Å²) in [6, 6.07) is 13.8. The molecule has 0 atom stereocenters. The average Bonchev–Trinajstić information content (AvgIpc) is 2.62. The Kier molecular flexibility index (Phi) is 6.01. The summed E-state index contributed by atoms with van der Waals surface area (Å²) in [6.07, 6.45) is 2.56. The number of anilines is 1. The average molecular weight is 375 g/mol. The van der Waals surface area contributed by atoms with Gasteiger partial charge < -0.3 is 20.4 Å². The third kappa shape index (κ3) is 4.68. The molecule has 1 fully saturated rings. The van der Waals surface area contributed by atoms with Crippen molar-refractivity contribution in [1.82, 2.24) is 4.90 Å². The minimum Gasteiger partial charge on any atom is -0.508 e. The first-order valence-corrected chi connectivity index (χ1v) is 9.19. The van der Waals surface area contributed by atoms with Crippen LogP contribution in [-0.4, -0.2) is 33.3 Å². The second-order valence-electron chi connectivity index (χ2n) is 6.67. The lowest BCUT2D eigenvalue weighted by Crippen LogP contribution is -2.44. The summed E-state index contributed by atoms with van der Waals surface area (Å²) in [7, 11) is 0. The van der Waals surface area contributed by atoms with E-state index in [0.29, 0.717) is 30.1 Å². The van der Waals surface area contributed by atoms with Crippen molar-refractivity contribution in [2.75, 3.05) is 5.32 Å². The zero-order valence-corrected chi connectivity index (χ0v) is 15.2. The molecule has 1 aliphatic carbocycles. The summed E-state index contributed by atoms with van der Waals surface area (Å²) in [5.41, 5.74) is 1.42. The van der Waals surface area contributed by atoms with Gasteiger partial charge in [0.1, 0.15) is 5.75 Å². The molecule has 1 aliphatic rings. The van der Waals surface area contributed by atoms with E-state index >= 15 is 0 Å². The number of phenolic OH excluding ortho intramolecular Hbond substituents is 1. The monoisotopic (exact) mass is 374 g/mol. The summed E-state index contributed by atoms with van der Waals surface area (Å²) in [4.78, 5) is 14.7.